The first kappa shape index (κ1) is 16.2. The molecule has 112 valence electrons. The molecule has 0 bridgehead atoms. The maximum atomic E-state index is 6.29. The number of ether oxygens (including phenoxy) is 1. The second-order valence-corrected chi connectivity index (χ2v) is 7.69. The van der Waals surface area contributed by atoms with E-state index in [0.717, 1.165) is 10.2 Å². The highest BCUT2D eigenvalue weighted by atomic mass is 79.9. The minimum absolute atomic E-state index is 0.0706. The van der Waals surface area contributed by atoms with Crippen LogP contribution in [0.15, 0.2) is 4.47 Å². The van der Waals surface area contributed by atoms with Crippen molar-refractivity contribution < 1.29 is 4.74 Å². The van der Waals surface area contributed by atoms with Crippen molar-refractivity contribution in [1.82, 2.24) is 9.97 Å². The first-order valence-corrected chi connectivity index (χ1v) is 8.27. The number of hydrogen-bond donors (Lipinski definition) is 0. The van der Waals surface area contributed by atoms with Gasteiger partial charge in [0.15, 0.2) is 5.82 Å². The molecule has 1 unspecified atom stereocenters. The lowest BCUT2D eigenvalue weighted by molar-refractivity contribution is 0.00843. The van der Waals surface area contributed by atoms with Gasteiger partial charge in [-0.3, -0.25) is 0 Å². The largest absolute Gasteiger partial charge is 0.373 e. The van der Waals surface area contributed by atoms with E-state index in [0.29, 0.717) is 16.9 Å². The molecule has 3 nitrogen and oxygen atoms in total. The van der Waals surface area contributed by atoms with Crippen LogP contribution in [0.4, 0.5) is 0 Å². The van der Waals surface area contributed by atoms with E-state index >= 15 is 0 Å². The average Bonchev–Trinajstić information content (AvgIpc) is 2.86. The Bertz CT molecular complexity index is 481. The van der Waals surface area contributed by atoms with Crippen LogP contribution in [0.5, 0.6) is 0 Å². The number of nitrogens with zero attached hydrogens (tertiary/aromatic N) is 2. The SMILES string of the molecule is COC(c1nc(Cl)c(Br)c(C2CCCC2)n1)C(C)(C)C. The Hall–Kier alpha value is -0.190. The molecular formula is C15H22BrClN2O. The van der Waals surface area contributed by atoms with E-state index in [9.17, 15) is 0 Å². The molecule has 1 saturated carbocycles. The minimum atomic E-state index is -0.159. The zero-order valence-electron chi connectivity index (χ0n) is 12.5. The number of hydrogen-bond acceptors (Lipinski definition) is 3. The van der Waals surface area contributed by atoms with Gasteiger partial charge in [0, 0.05) is 13.0 Å². The van der Waals surface area contributed by atoms with Gasteiger partial charge in [0.1, 0.15) is 11.3 Å². The van der Waals surface area contributed by atoms with Gasteiger partial charge in [-0.15, -0.1) is 0 Å². The van der Waals surface area contributed by atoms with Crippen LogP contribution in [-0.2, 0) is 4.74 Å². The van der Waals surface area contributed by atoms with Crippen LogP contribution in [0.25, 0.3) is 0 Å². The second kappa shape index (κ2) is 6.29. The molecule has 2 rings (SSSR count). The molecule has 1 fully saturated rings. The number of rotatable bonds is 3. The number of halogens is 2. The monoisotopic (exact) mass is 360 g/mol. The molecule has 20 heavy (non-hydrogen) atoms. The lowest BCUT2D eigenvalue weighted by Gasteiger charge is -2.28. The maximum absolute atomic E-state index is 6.29. The summed E-state index contributed by atoms with van der Waals surface area (Å²) in [4.78, 5) is 9.21. The zero-order valence-corrected chi connectivity index (χ0v) is 14.9. The third-order valence-electron chi connectivity index (χ3n) is 3.85. The molecular weight excluding hydrogens is 340 g/mol. The van der Waals surface area contributed by atoms with E-state index in [4.69, 9.17) is 21.3 Å². The van der Waals surface area contributed by atoms with Gasteiger partial charge in [0.2, 0.25) is 0 Å². The molecule has 0 spiro atoms. The fraction of sp³-hybridized carbons (Fsp3) is 0.733. The van der Waals surface area contributed by atoms with E-state index in [1.165, 1.54) is 25.7 Å². The summed E-state index contributed by atoms with van der Waals surface area (Å²) < 4.78 is 6.46. The van der Waals surface area contributed by atoms with E-state index < -0.39 is 0 Å². The molecule has 1 aromatic heterocycles. The van der Waals surface area contributed by atoms with E-state index in [1.54, 1.807) is 7.11 Å². The Balaban J connectivity index is 2.44. The smallest absolute Gasteiger partial charge is 0.159 e. The van der Waals surface area contributed by atoms with Crippen molar-refractivity contribution in [3.05, 3.63) is 21.1 Å². The van der Waals surface area contributed by atoms with Crippen molar-refractivity contribution in [2.75, 3.05) is 7.11 Å². The summed E-state index contributed by atoms with van der Waals surface area (Å²) in [5, 5.41) is 0.489. The highest BCUT2D eigenvalue weighted by Gasteiger charge is 2.31. The number of aromatic nitrogens is 2. The summed E-state index contributed by atoms with van der Waals surface area (Å²) >= 11 is 9.84. The third kappa shape index (κ3) is 3.34. The summed E-state index contributed by atoms with van der Waals surface area (Å²) in [6, 6.07) is 0. The fourth-order valence-corrected chi connectivity index (χ4v) is 3.57. The van der Waals surface area contributed by atoms with Crippen LogP contribution in [0.1, 0.15) is 70.0 Å². The predicted molar refractivity (Wildman–Crippen MR) is 85.2 cm³/mol. The van der Waals surface area contributed by atoms with Gasteiger partial charge in [0.05, 0.1) is 10.2 Å². The first-order chi connectivity index (χ1) is 9.34. The predicted octanol–water partition coefficient (Wildman–Crippen LogP) is 5.28. The Kier molecular flexibility index (Phi) is 5.09. The lowest BCUT2D eigenvalue weighted by Crippen LogP contribution is -2.23. The summed E-state index contributed by atoms with van der Waals surface area (Å²) in [5.41, 5.74) is 0.975. The van der Waals surface area contributed by atoms with Gasteiger partial charge in [-0.05, 0) is 34.2 Å². The highest BCUT2D eigenvalue weighted by Crippen LogP contribution is 2.41. The van der Waals surface area contributed by atoms with Gasteiger partial charge >= 0.3 is 0 Å². The van der Waals surface area contributed by atoms with Crippen LogP contribution in [0.3, 0.4) is 0 Å². The van der Waals surface area contributed by atoms with Crippen LogP contribution >= 0.6 is 27.5 Å². The Labute approximate surface area is 134 Å². The van der Waals surface area contributed by atoms with Crippen LogP contribution in [0.2, 0.25) is 5.15 Å². The maximum Gasteiger partial charge on any atom is 0.159 e. The van der Waals surface area contributed by atoms with Crippen LogP contribution in [0, 0.1) is 5.41 Å². The summed E-state index contributed by atoms with van der Waals surface area (Å²) in [7, 11) is 1.70. The van der Waals surface area contributed by atoms with Crippen molar-refractivity contribution in [3.8, 4) is 0 Å². The summed E-state index contributed by atoms with van der Waals surface area (Å²) in [6.07, 6.45) is 4.73. The fourth-order valence-electron chi connectivity index (χ4n) is 2.89. The molecule has 1 aliphatic carbocycles. The normalized spacial score (nSPS) is 18.5. The van der Waals surface area contributed by atoms with Crippen molar-refractivity contribution in [2.45, 2.75) is 58.5 Å². The number of methoxy groups -OCH3 is 1. The average molecular weight is 362 g/mol. The molecule has 1 atom stereocenters. The Morgan fingerprint density at radius 3 is 2.35 bits per heavy atom. The highest BCUT2D eigenvalue weighted by molar-refractivity contribution is 9.10. The van der Waals surface area contributed by atoms with Crippen molar-refractivity contribution in [2.24, 2.45) is 5.41 Å². The molecule has 5 heteroatoms. The van der Waals surface area contributed by atoms with Crippen molar-refractivity contribution >= 4 is 27.5 Å². The quantitative estimate of drug-likeness (QED) is 0.687. The lowest BCUT2D eigenvalue weighted by atomic mass is 9.88. The molecule has 0 aliphatic heterocycles. The van der Waals surface area contributed by atoms with E-state index in [-0.39, 0.29) is 11.5 Å². The zero-order chi connectivity index (χ0) is 14.9. The molecule has 0 N–H and O–H groups in total. The van der Waals surface area contributed by atoms with Crippen molar-refractivity contribution in [3.63, 3.8) is 0 Å². The first-order valence-electron chi connectivity index (χ1n) is 7.10. The molecule has 1 heterocycles. The van der Waals surface area contributed by atoms with Crippen molar-refractivity contribution in [1.29, 1.82) is 0 Å². The molecule has 0 radical (unpaired) electrons. The molecule has 0 amide bonds. The molecule has 1 aliphatic rings. The van der Waals surface area contributed by atoms with Crippen LogP contribution < -0.4 is 0 Å². The molecule has 1 aromatic rings. The minimum Gasteiger partial charge on any atom is -0.373 e. The summed E-state index contributed by atoms with van der Waals surface area (Å²) in [6.45, 7) is 6.36. The topological polar surface area (TPSA) is 35.0 Å². The Morgan fingerprint density at radius 1 is 1.25 bits per heavy atom. The van der Waals surface area contributed by atoms with Crippen LogP contribution in [-0.4, -0.2) is 17.1 Å². The molecule has 0 aromatic carbocycles. The van der Waals surface area contributed by atoms with E-state index in [2.05, 4.69) is 41.7 Å². The van der Waals surface area contributed by atoms with Gasteiger partial charge in [-0.1, -0.05) is 45.2 Å². The third-order valence-corrected chi connectivity index (χ3v) is 5.14. The second-order valence-electron chi connectivity index (χ2n) is 6.53. The van der Waals surface area contributed by atoms with Gasteiger partial charge < -0.3 is 4.74 Å². The van der Waals surface area contributed by atoms with Gasteiger partial charge in [-0.2, -0.15) is 0 Å². The Morgan fingerprint density at radius 2 is 1.85 bits per heavy atom. The molecule has 0 saturated heterocycles. The standard InChI is InChI=1S/C15H22BrClN2O/c1-15(2,3)12(20-4)14-18-11(9-7-5-6-8-9)10(16)13(17)19-14/h9,12H,5-8H2,1-4H3. The summed E-state index contributed by atoms with van der Waals surface area (Å²) in [5.74, 6) is 1.18. The van der Waals surface area contributed by atoms with E-state index in [1.807, 2.05) is 0 Å². The van der Waals surface area contributed by atoms with Gasteiger partial charge in [-0.25, -0.2) is 9.97 Å². The van der Waals surface area contributed by atoms with Gasteiger partial charge in [0.25, 0.3) is 0 Å².